The average Bonchev–Trinajstić information content (AvgIpc) is 3.11. The molecule has 3 aromatic carbocycles. The molecule has 7 nitrogen and oxygen atoms in total. The highest BCUT2D eigenvalue weighted by molar-refractivity contribution is 14.1. The van der Waals surface area contributed by atoms with Crippen molar-refractivity contribution in [2.24, 2.45) is 0 Å². The zero-order valence-corrected chi connectivity index (χ0v) is 22.6. The number of anilines is 1. The van der Waals surface area contributed by atoms with Crippen LogP contribution in [0.15, 0.2) is 71.6 Å². The summed E-state index contributed by atoms with van der Waals surface area (Å²) >= 11 is 2.96. The molecule has 9 heteroatoms. The van der Waals surface area contributed by atoms with Crippen molar-refractivity contribution in [3.63, 3.8) is 0 Å². The summed E-state index contributed by atoms with van der Waals surface area (Å²) in [6.45, 7) is 2.06. The Hall–Kier alpha value is -3.31. The number of aryl methyl sites for hydroxylation is 1. The number of carbonyl (C=O) groups is 3. The molecule has 1 saturated heterocycles. The first-order valence-corrected chi connectivity index (χ1v) is 12.9. The molecular formula is C27H23IN2O5S. The van der Waals surface area contributed by atoms with Crippen LogP contribution in [0, 0.1) is 10.5 Å². The van der Waals surface area contributed by atoms with E-state index in [2.05, 4.69) is 27.9 Å². The Kier molecular flexibility index (Phi) is 8.32. The minimum atomic E-state index is -0.512. The number of thioether (sulfide) groups is 1. The SMILES string of the molecule is COc1cc(/C=C2\SC(=O)N(CC(=O)Nc3ccccc3)C2=O)cc(I)c1OCc1ccccc1C. The number of amides is 3. The van der Waals surface area contributed by atoms with E-state index in [9.17, 15) is 14.4 Å². The standard InChI is InChI=1S/C27H23IN2O5S/c1-17-8-6-7-9-19(17)16-35-25-21(28)12-18(13-22(25)34-2)14-23-26(32)30(27(33)36-23)15-24(31)29-20-10-4-3-5-11-20/h3-14H,15-16H2,1-2H3,(H,29,31)/b23-14-. The lowest BCUT2D eigenvalue weighted by atomic mass is 10.1. The van der Waals surface area contributed by atoms with Crippen LogP contribution in [0.4, 0.5) is 10.5 Å². The van der Waals surface area contributed by atoms with Crippen LogP contribution in [-0.4, -0.2) is 35.6 Å². The summed E-state index contributed by atoms with van der Waals surface area (Å²) in [5, 5.41) is 2.19. The van der Waals surface area contributed by atoms with Gasteiger partial charge in [-0.05, 0) is 88.3 Å². The Balaban J connectivity index is 1.48. The van der Waals surface area contributed by atoms with Crippen molar-refractivity contribution in [1.29, 1.82) is 0 Å². The predicted molar refractivity (Wildman–Crippen MR) is 149 cm³/mol. The number of nitrogens with one attached hydrogen (secondary N) is 1. The zero-order chi connectivity index (χ0) is 25.7. The topological polar surface area (TPSA) is 84.9 Å². The van der Waals surface area contributed by atoms with E-state index < -0.39 is 17.1 Å². The number of rotatable bonds is 8. The molecule has 0 spiro atoms. The number of imide groups is 1. The van der Waals surface area contributed by atoms with Gasteiger partial charge in [-0.25, -0.2) is 0 Å². The molecule has 3 amide bonds. The molecule has 0 saturated carbocycles. The average molecular weight is 614 g/mol. The van der Waals surface area contributed by atoms with Gasteiger partial charge in [-0.3, -0.25) is 19.3 Å². The van der Waals surface area contributed by atoms with E-state index in [1.165, 1.54) is 0 Å². The van der Waals surface area contributed by atoms with Crippen LogP contribution in [0.3, 0.4) is 0 Å². The van der Waals surface area contributed by atoms with Crippen molar-refractivity contribution in [2.45, 2.75) is 13.5 Å². The van der Waals surface area contributed by atoms with Crippen molar-refractivity contribution in [2.75, 3.05) is 19.0 Å². The van der Waals surface area contributed by atoms with Crippen LogP contribution in [0.25, 0.3) is 6.08 Å². The molecule has 1 aliphatic heterocycles. The van der Waals surface area contributed by atoms with E-state index in [1.807, 2.05) is 43.3 Å². The minimum absolute atomic E-state index is 0.235. The molecule has 36 heavy (non-hydrogen) atoms. The molecular weight excluding hydrogens is 591 g/mol. The van der Waals surface area contributed by atoms with Crippen LogP contribution in [0.5, 0.6) is 11.5 Å². The van der Waals surface area contributed by atoms with Crippen LogP contribution >= 0.6 is 34.4 Å². The lowest BCUT2D eigenvalue weighted by Gasteiger charge is -2.15. The van der Waals surface area contributed by atoms with Crippen molar-refractivity contribution in [1.82, 2.24) is 4.90 Å². The summed E-state index contributed by atoms with van der Waals surface area (Å²) in [5.74, 6) is 0.158. The fourth-order valence-electron chi connectivity index (χ4n) is 3.54. The minimum Gasteiger partial charge on any atom is -0.493 e. The van der Waals surface area contributed by atoms with Gasteiger partial charge in [0.15, 0.2) is 11.5 Å². The highest BCUT2D eigenvalue weighted by atomic mass is 127. The van der Waals surface area contributed by atoms with Crippen molar-refractivity contribution in [3.05, 3.63) is 91.9 Å². The van der Waals surface area contributed by atoms with Gasteiger partial charge in [-0.1, -0.05) is 42.5 Å². The largest absolute Gasteiger partial charge is 0.493 e. The lowest BCUT2D eigenvalue weighted by Crippen LogP contribution is -2.36. The molecule has 1 N–H and O–H groups in total. The van der Waals surface area contributed by atoms with Crippen molar-refractivity contribution >= 4 is 63.2 Å². The normalized spacial score (nSPS) is 14.3. The third-order valence-corrected chi connectivity index (χ3v) is 7.12. The molecule has 0 aromatic heterocycles. The second-order valence-corrected chi connectivity index (χ2v) is 10.1. The summed E-state index contributed by atoms with van der Waals surface area (Å²) in [7, 11) is 1.55. The van der Waals surface area contributed by atoms with E-state index >= 15 is 0 Å². The van der Waals surface area contributed by atoms with Crippen LogP contribution < -0.4 is 14.8 Å². The summed E-state index contributed by atoms with van der Waals surface area (Å²) in [4.78, 5) is 38.9. The number of hydrogen-bond acceptors (Lipinski definition) is 6. The number of nitrogens with zero attached hydrogens (tertiary/aromatic N) is 1. The zero-order valence-electron chi connectivity index (χ0n) is 19.6. The number of carbonyl (C=O) groups excluding carboxylic acids is 3. The smallest absolute Gasteiger partial charge is 0.294 e. The molecule has 0 bridgehead atoms. The maximum atomic E-state index is 12.9. The van der Waals surface area contributed by atoms with E-state index in [4.69, 9.17) is 9.47 Å². The Morgan fingerprint density at radius 2 is 1.81 bits per heavy atom. The molecule has 0 unspecified atom stereocenters. The molecule has 1 aliphatic rings. The van der Waals surface area contributed by atoms with Crippen molar-refractivity contribution in [3.8, 4) is 11.5 Å². The fraction of sp³-hybridized carbons (Fsp3) is 0.148. The maximum absolute atomic E-state index is 12.9. The van der Waals surface area contributed by atoms with Crippen LogP contribution in [0.1, 0.15) is 16.7 Å². The third kappa shape index (κ3) is 6.08. The second kappa shape index (κ2) is 11.6. The van der Waals surface area contributed by atoms with Gasteiger partial charge < -0.3 is 14.8 Å². The first-order chi connectivity index (χ1) is 17.4. The summed E-state index contributed by atoms with van der Waals surface area (Å²) in [6, 6.07) is 20.5. The lowest BCUT2D eigenvalue weighted by molar-refractivity contribution is -0.127. The third-order valence-electron chi connectivity index (χ3n) is 5.42. The van der Waals surface area contributed by atoms with Gasteiger partial charge in [-0.2, -0.15) is 0 Å². The number of hydrogen-bond donors (Lipinski definition) is 1. The van der Waals surface area contributed by atoms with Gasteiger partial charge in [-0.15, -0.1) is 0 Å². The van der Waals surface area contributed by atoms with Gasteiger partial charge in [0.2, 0.25) is 5.91 Å². The first-order valence-electron chi connectivity index (χ1n) is 11.0. The molecule has 0 radical (unpaired) electrons. The fourth-order valence-corrected chi connectivity index (χ4v) is 5.16. The number of ether oxygens (including phenoxy) is 2. The summed E-state index contributed by atoms with van der Waals surface area (Å²) in [6.07, 6.45) is 1.62. The Morgan fingerprint density at radius 1 is 1.08 bits per heavy atom. The Labute approximate surface area is 227 Å². The monoisotopic (exact) mass is 614 g/mol. The van der Waals surface area contributed by atoms with E-state index in [1.54, 1.807) is 43.5 Å². The first kappa shape index (κ1) is 25.8. The molecule has 0 atom stereocenters. The van der Waals surface area contributed by atoms with Crippen molar-refractivity contribution < 1.29 is 23.9 Å². The highest BCUT2D eigenvalue weighted by Gasteiger charge is 2.36. The molecule has 3 aromatic rings. The number of halogens is 1. The van der Waals surface area contributed by atoms with Gasteiger partial charge in [0.1, 0.15) is 13.2 Å². The number of para-hydroxylation sites is 1. The highest BCUT2D eigenvalue weighted by Crippen LogP contribution is 2.37. The predicted octanol–water partition coefficient (Wildman–Crippen LogP) is 5.86. The Morgan fingerprint density at radius 3 is 2.53 bits per heavy atom. The second-order valence-electron chi connectivity index (χ2n) is 7.93. The van der Waals surface area contributed by atoms with Gasteiger partial charge in [0.05, 0.1) is 15.6 Å². The van der Waals surface area contributed by atoms with E-state index in [0.29, 0.717) is 29.4 Å². The molecule has 184 valence electrons. The van der Waals surface area contributed by atoms with E-state index in [0.717, 1.165) is 31.4 Å². The quantitative estimate of drug-likeness (QED) is 0.253. The number of benzene rings is 3. The summed E-state index contributed by atoms with van der Waals surface area (Å²) < 4.78 is 12.4. The maximum Gasteiger partial charge on any atom is 0.294 e. The molecule has 0 aliphatic carbocycles. The molecule has 4 rings (SSSR count). The molecule has 1 heterocycles. The van der Waals surface area contributed by atoms with Gasteiger partial charge >= 0.3 is 0 Å². The van der Waals surface area contributed by atoms with Gasteiger partial charge in [0.25, 0.3) is 11.1 Å². The Bertz CT molecular complexity index is 1340. The summed E-state index contributed by atoms with van der Waals surface area (Å²) in [5.41, 5.74) is 3.48. The van der Waals surface area contributed by atoms with E-state index in [-0.39, 0.29) is 11.4 Å². The van der Waals surface area contributed by atoms with Gasteiger partial charge in [0, 0.05) is 5.69 Å². The number of methoxy groups -OCH3 is 1. The van der Waals surface area contributed by atoms with Crippen LogP contribution in [-0.2, 0) is 16.2 Å². The molecule has 1 fully saturated rings. The van der Waals surface area contributed by atoms with Crippen LogP contribution in [0.2, 0.25) is 0 Å².